The third kappa shape index (κ3) is 6.17. The summed E-state index contributed by atoms with van der Waals surface area (Å²) in [5.41, 5.74) is 10.0. The third-order valence-electron chi connectivity index (χ3n) is 6.21. The first kappa shape index (κ1) is 27.8. The van der Waals surface area contributed by atoms with Crippen molar-refractivity contribution in [3.05, 3.63) is 53.6 Å². The maximum atomic E-state index is 12.8. The Hall–Kier alpha value is -2.42. The minimum atomic E-state index is -3.78. The van der Waals surface area contributed by atoms with Crippen LogP contribution in [0.2, 0.25) is 0 Å². The molecule has 1 amide bonds. The van der Waals surface area contributed by atoms with Gasteiger partial charge in [-0.15, -0.1) is 0 Å². The van der Waals surface area contributed by atoms with Crippen LogP contribution in [0.15, 0.2) is 42.5 Å². The zero-order valence-corrected chi connectivity index (χ0v) is 22.0. The summed E-state index contributed by atoms with van der Waals surface area (Å²) < 4.78 is 31.1. The van der Waals surface area contributed by atoms with Gasteiger partial charge in [0, 0.05) is 13.1 Å². The average molecular weight is 490 g/mol. The van der Waals surface area contributed by atoms with Gasteiger partial charge in [-0.3, -0.25) is 4.79 Å². The van der Waals surface area contributed by atoms with Gasteiger partial charge in [0.05, 0.1) is 6.61 Å². The molecule has 3 rings (SSSR count). The molecule has 34 heavy (non-hydrogen) atoms. The first-order chi connectivity index (χ1) is 16.0. The van der Waals surface area contributed by atoms with Crippen LogP contribution < -0.4 is 15.8 Å². The first-order valence-corrected chi connectivity index (χ1v) is 13.1. The molecule has 8 heteroatoms. The predicted octanol–water partition coefficient (Wildman–Crippen LogP) is 3.67. The van der Waals surface area contributed by atoms with Crippen molar-refractivity contribution < 1.29 is 17.9 Å². The van der Waals surface area contributed by atoms with E-state index in [9.17, 15) is 13.2 Å². The Balaban J connectivity index is 0.00000129. The van der Waals surface area contributed by atoms with E-state index < -0.39 is 20.7 Å². The van der Waals surface area contributed by atoms with Crippen LogP contribution in [0.1, 0.15) is 50.7 Å². The largest absolute Gasteiger partial charge is 0.494 e. The second-order valence-electron chi connectivity index (χ2n) is 9.09. The van der Waals surface area contributed by atoms with Crippen LogP contribution in [0.25, 0.3) is 11.1 Å². The molecule has 0 spiro atoms. The number of piperidine rings is 1. The predicted molar refractivity (Wildman–Crippen MR) is 139 cm³/mol. The Kier molecular flexibility index (Phi) is 9.67. The molecule has 0 bridgehead atoms. The molecule has 0 unspecified atom stereocenters. The number of benzene rings is 2. The molecule has 0 saturated carbocycles. The van der Waals surface area contributed by atoms with Gasteiger partial charge in [0.1, 0.15) is 5.75 Å². The van der Waals surface area contributed by atoms with Crippen molar-refractivity contribution >= 4 is 15.9 Å². The molecular weight excluding hydrogens is 450 g/mol. The van der Waals surface area contributed by atoms with Gasteiger partial charge in [-0.1, -0.05) is 30.3 Å². The Morgan fingerprint density at radius 3 is 2.29 bits per heavy atom. The van der Waals surface area contributed by atoms with E-state index in [-0.39, 0.29) is 5.92 Å². The second kappa shape index (κ2) is 11.8. The molecule has 1 aliphatic heterocycles. The van der Waals surface area contributed by atoms with E-state index in [0.717, 1.165) is 16.9 Å². The average Bonchev–Trinajstić information content (AvgIpc) is 2.80. The van der Waals surface area contributed by atoms with Crippen LogP contribution >= 0.6 is 0 Å². The molecule has 0 aliphatic carbocycles. The van der Waals surface area contributed by atoms with Crippen LogP contribution in [0.5, 0.6) is 5.75 Å². The van der Waals surface area contributed by atoms with Gasteiger partial charge in [-0.2, -0.15) is 0 Å². The number of rotatable bonds is 7. The summed E-state index contributed by atoms with van der Waals surface area (Å²) in [6, 6.07) is 14.6. The number of hydrogen-bond donors (Lipinski definition) is 2. The van der Waals surface area contributed by atoms with Gasteiger partial charge in [0.2, 0.25) is 15.9 Å². The SMILES string of the molecule is CCOc1cccc(-c2ccc(C3CCN(S(=O)(=O)C(C)(C)C(N)=O)CC3)cc2C)c1.CNC. The van der Waals surface area contributed by atoms with Crippen LogP contribution in [0.3, 0.4) is 0 Å². The fourth-order valence-corrected chi connectivity index (χ4v) is 5.66. The molecule has 0 atom stereocenters. The lowest BCUT2D eigenvalue weighted by atomic mass is 9.87. The van der Waals surface area contributed by atoms with E-state index in [0.29, 0.717) is 32.5 Å². The number of nitrogens with two attached hydrogens (primary N) is 1. The Bertz CT molecular complexity index is 1080. The highest BCUT2D eigenvalue weighted by atomic mass is 32.2. The van der Waals surface area contributed by atoms with E-state index >= 15 is 0 Å². The molecule has 188 valence electrons. The summed E-state index contributed by atoms with van der Waals surface area (Å²) in [6.45, 7) is 8.23. The van der Waals surface area contributed by atoms with Crippen molar-refractivity contribution in [2.24, 2.45) is 5.73 Å². The van der Waals surface area contributed by atoms with Crippen molar-refractivity contribution in [1.82, 2.24) is 9.62 Å². The number of carbonyl (C=O) groups excluding carboxylic acids is 1. The van der Waals surface area contributed by atoms with Crippen molar-refractivity contribution in [1.29, 1.82) is 0 Å². The minimum Gasteiger partial charge on any atom is -0.494 e. The molecule has 0 aromatic heterocycles. The summed E-state index contributed by atoms with van der Waals surface area (Å²) in [7, 11) is -0.0293. The Morgan fingerprint density at radius 2 is 1.76 bits per heavy atom. The zero-order chi connectivity index (χ0) is 25.5. The minimum absolute atomic E-state index is 0.283. The van der Waals surface area contributed by atoms with Gasteiger partial charge >= 0.3 is 0 Å². The number of aryl methyl sites for hydroxylation is 1. The third-order valence-corrected chi connectivity index (χ3v) is 8.75. The molecule has 1 aliphatic rings. The van der Waals surface area contributed by atoms with Crippen LogP contribution in [-0.4, -0.2) is 57.2 Å². The van der Waals surface area contributed by atoms with Crippen LogP contribution in [0.4, 0.5) is 0 Å². The lowest BCUT2D eigenvalue weighted by molar-refractivity contribution is -0.119. The molecule has 7 nitrogen and oxygen atoms in total. The summed E-state index contributed by atoms with van der Waals surface area (Å²) in [5, 5.41) is 2.75. The summed E-state index contributed by atoms with van der Waals surface area (Å²) in [5.74, 6) is 0.316. The Morgan fingerprint density at radius 1 is 1.15 bits per heavy atom. The van der Waals surface area contributed by atoms with Crippen molar-refractivity contribution in [3.63, 3.8) is 0 Å². The van der Waals surface area contributed by atoms with Gasteiger partial charge in [0.25, 0.3) is 0 Å². The number of sulfonamides is 1. The molecule has 3 N–H and O–H groups in total. The van der Waals surface area contributed by atoms with E-state index in [1.807, 2.05) is 33.2 Å². The highest BCUT2D eigenvalue weighted by molar-refractivity contribution is 7.91. The molecule has 0 radical (unpaired) electrons. The number of carbonyl (C=O) groups is 1. The topological polar surface area (TPSA) is 102 Å². The monoisotopic (exact) mass is 489 g/mol. The summed E-state index contributed by atoms with van der Waals surface area (Å²) >= 11 is 0. The highest BCUT2D eigenvalue weighted by Crippen LogP contribution is 2.35. The standard InChI is InChI=1S/C24H32N2O4S.C2H7N/c1-5-30-21-8-6-7-20(16-21)22-10-9-19(15-17(22)2)18-11-13-26(14-12-18)31(28,29)24(3,4)23(25)27;1-3-2/h6-10,15-16,18H,5,11-14H2,1-4H3,(H2,25,27);3H,1-2H3. The number of ether oxygens (including phenoxy) is 1. The quantitative estimate of drug-likeness (QED) is 0.618. The Labute approximate surface area is 204 Å². The lowest BCUT2D eigenvalue weighted by Crippen LogP contribution is -2.53. The van der Waals surface area contributed by atoms with Crippen molar-refractivity contribution in [2.75, 3.05) is 33.8 Å². The highest BCUT2D eigenvalue weighted by Gasteiger charge is 2.45. The van der Waals surface area contributed by atoms with Crippen molar-refractivity contribution in [3.8, 4) is 16.9 Å². The smallest absolute Gasteiger partial charge is 0.239 e. The fraction of sp³-hybridized carbons (Fsp3) is 0.500. The maximum absolute atomic E-state index is 12.8. The molecule has 1 fully saturated rings. The molecule has 1 saturated heterocycles. The molecular formula is C26H39N3O4S. The zero-order valence-electron chi connectivity index (χ0n) is 21.2. The van der Waals surface area contributed by atoms with Crippen LogP contribution in [-0.2, 0) is 14.8 Å². The summed E-state index contributed by atoms with van der Waals surface area (Å²) in [6.07, 6.45) is 1.43. The van der Waals surface area contributed by atoms with E-state index in [1.54, 1.807) is 0 Å². The normalized spacial score (nSPS) is 15.4. The molecule has 2 aromatic carbocycles. The van der Waals surface area contributed by atoms with E-state index in [2.05, 4.69) is 42.6 Å². The van der Waals surface area contributed by atoms with Gasteiger partial charge in [0.15, 0.2) is 4.75 Å². The maximum Gasteiger partial charge on any atom is 0.239 e. The number of nitrogens with one attached hydrogen (secondary N) is 1. The number of primary amides is 1. The van der Waals surface area contributed by atoms with Crippen molar-refractivity contribution in [2.45, 2.75) is 51.2 Å². The van der Waals surface area contributed by atoms with Gasteiger partial charge in [-0.25, -0.2) is 12.7 Å². The fourth-order valence-electron chi connectivity index (χ4n) is 4.06. The second-order valence-corrected chi connectivity index (χ2v) is 11.6. The van der Waals surface area contributed by atoms with E-state index in [1.165, 1.54) is 29.3 Å². The lowest BCUT2D eigenvalue weighted by Gasteiger charge is -2.35. The number of nitrogens with zero attached hydrogens (tertiary/aromatic N) is 1. The van der Waals surface area contributed by atoms with Gasteiger partial charge < -0.3 is 15.8 Å². The molecule has 2 aromatic rings. The summed E-state index contributed by atoms with van der Waals surface area (Å²) in [4.78, 5) is 11.6. The van der Waals surface area contributed by atoms with E-state index in [4.69, 9.17) is 10.5 Å². The number of hydrogen-bond acceptors (Lipinski definition) is 5. The number of amides is 1. The van der Waals surface area contributed by atoms with Crippen LogP contribution in [0, 0.1) is 6.92 Å². The van der Waals surface area contributed by atoms with Gasteiger partial charge in [-0.05, 0) is 94.9 Å². The first-order valence-electron chi connectivity index (χ1n) is 11.7. The molecule has 1 heterocycles.